The first kappa shape index (κ1) is 17.7. The lowest BCUT2D eigenvalue weighted by Gasteiger charge is -2.31. The molecule has 0 unspecified atom stereocenters. The third kappa shape index (κ3) is 5.87. The van der Waals surface area contributed by atoms with Crippen LogP contribution in [0, 0.1) is 0 Å². The molecule has 5 heteroatoms. The number of hydrogen-bond acceptors (Lipinski definition) is 3. The standard InChI is InChI=1S/C16H28N2O3/c1-4-18(14-8-6-5-7-9-14)15(19)12-17(13(2)3)11-10-16(20)21/h8,13H,4-7,9-12H2,1-3H3,(H,20,21). The van der Waals surface area contributed by atoms with Crippen LogP contribution in [0.25, 0.3) is 0 Å². The van der Waals surface area contributed by atoms with Gasteiger partial charge in [-0.25, -0.2) is 0 Å². The van der Waals surface area contributed by atoms with Gasteiger partial charge in [0.2, 0.25) is 5.91 Å². The van der Waals surface area contributed by atoms with Crippen molar-refractivity contribution in [2.45, 2.75) is 58.9 Å². The highest BCUT2D eigenvalue weighted by Gasteiger charge is 2.22. The maximum absolute atomic E-state index is 12.5. The van der Waals surface area contributed by atoms with Gasteiger partial charge in [-0.1, -0.05) is 6.08 Å². The van der Waals surface area contributed by atoms with Gasteiger partial charge in [0.15, 0.2) is 0 Å². The van der Waals surface area contributed by atoms with E-state index in [-0.39, 0.29) is 24.9 Å². The fourth-order valence-electron chi connectivity index (χ4n) is 2.62. The average molecular weight is 296 g/mol. The lowest BCUT2D eigenvalue weighted by molar-refractivity contribution is -0.138. The van der Waals surface area contributed by atoms with E-state index in [2.05, 4.69) is 6.08 Å². The Balaban J connectivity index is 2.65. The zero-order valence-electron chi connectivity index (χ0n) is 13.5. The van der Waals surface area contributed by atoms with Gasteiger partial charge in [0.1, 0.15) is 0 Å². The molecule has 0 saturated heterocycles. The first-order valence-electron chi connectivity index (χ1n) is 7.91. The van der Waals surface area contributed by atoms with E-state index >= 15 is 0 Å². The van der Waals surface area contributed by atoms with Crippen LogP contribution in [-0.2, 0) is 9.59 Å². The quantitative estimate of drug-likeness (QED) is 0.747. The number of nitrogens with zero attached hydrogens (tertiary/aromatic N) is 2. The number of carbonyl (C=O) groups is 2. The maximum atomic E-state index is 12.5. The van der Waals surface area contributed by atoms with Crippen LogP contribution in [0.15, 0.2) is 11.8 Å². The van der Waals surface area contributed by atoms with Crippen molar-refractivity contribution in [2.24, 2.45) is 0 Å². The minimum atomic E-state index is -0.824. The van der Waals surface area contributed by atoms with Crippen molar-refractivity contribution < 1.29 is 14.7 Å². The highest BCUT2D eigenvalue weighted by atomic mass is 16.4. The first-order valence-corrected chi connectivity index (χ1v) is 7.91. The van der Waals surface area contributed by atoms with E-state index in [0.717, 1.165) is 25.0 Å². The molecule has 120 valence electrons. The number of amides is 1. The molecule has 0 aromatic rings. The summed E-state index contributed by atoms with van der Waals surface area (Å²) in [5.74, 6) is -0.750. The van der Waals surface area contributed by atoms with Crippen LogP contribution >= 0.6 is 0 Å². The van der Waals surface area contributed by atoms with Crippen LogP contribution in [0.1, 0.15) is 52.9 Å². The largest absolute Gasteiger partial charge is 0.481 e. The van der Waals surface area contributed by atoms with Crippen molar-refractivity contribution >= 4 is 11.9 Å². The van der Waals surface area contributed by atoms with E-state index in [1.165, 1.54) is 6.42 Å². The molecule has 0 fully saturated rings. The fourth-order valence-corrected chi connectivity index (χ4v) is 2.62. The minimum Gasteiger partial charge on any atom is -0.481 e. The van der Waals surface area contributed by atoms with E-state index in [4.69, 9.17) is 5.11 Å². The van der Waals surface area contributed by atoms with Crippen LogP contribution in [0.4, 0.5) is 0 Å². The summed E-state index contributed by atoms with van der Waals surface area (Å²) in [4.78, 5) is 27.0. The molecule has 1 rings (SSSR count). The molecule has 1 amide bonds. The highest BCUT2D eigenvalue weighted by molar-refractivity contribution is 5.80. The molecule has 0 aromatic carbocycles. The van der Waals surface area contributed by atoms with Crippen LogP contribution < -0.4 is 0 Å². The summed E-state index contributed by atoms with van der Waals surface area (Å²) in [6.45, 7) is 7.35. The Hall–Kier alpha value is -1.36. The number of carbonyl (C=O) groups excluding carboxylic acids is 1. The zero-order chi connectivity index (χ0) is 15.8. The zero-order valence-corrected chi connectivity index (χ0v) is 13.5. The summed E-state index contributed by atoms with van der Waals surface area (Å²) < 4.78 is 0. The number of aliphatic carboxylic acids is 1. The molecular weight excluding hydrogens is 268 g/mol. The van der Waals surface area contributed by atoms with Crippen LogP contribution in [-0.4, -0.2) is 52.5 Å². The van der Waals surface area contributed by atoms with Crippen LogP contribution in [0.2, 0.25) is 0 Å². The van der Waals surface area contributed by atoms with E-state index < -0.39 is 5.97 Å². The van der Waals surface area contributed by atoms with Crippen molar-refractivity contribution in [3.05, 3.63) is 11.8 Å². The second-order valence-electron chi connectivity index (χ2n) is 5.79. The Morgan fingerprint density at radius 1 is 1.33 bits per heavy atom. The van der Waals surface area contributed by atoms with Crippen LogP contribution in [0.5, 0.6) is 0 Å². The highest BCUT2D eigenvalue weighted by Crippen LogP contribution is 2.21. The maximum Gasteiger partial charge on any atom is 0.304 e. The molecule has 0 spiro atoms. The Morgan fingerprint density at radius 2 is 2.05 bits per heavy atom. The van der Waals surface area contributed by atoms with Gasteiger partial charge in [-0.05, 0) is 46.5 Å². The van der Waals surface area contributed by atoms with Gasteiger partial charge in [-0.2, -0.15) is 0 Å². The molecular formula is C16H28N2O3. The second-order valence-corrected chi connectivity index (χ2v) is 5.79. The summed E-state index contributed by atoms with van der Waals surface area (Å²) in [6.07, 6.45) is 6.60. The van der Waals surface area contributed by atoms with Gasteiger partial charge in [-0.15, -0.1) is 0 Å². The first-order chi connectivity index (χ1) is 9.95. The fraction of sp³-hybridized carbons (Fsp3) is 0.750. The molecule has 1 N–H and O–H groups in total. The molecule has 0 radical (unpaired) electrons. The molecule has 1 aliphatic carbocycles. The lowest BCUT2D eigenvalue weighted by atomic mass is 10.0. The molecule has 0 aromatic heterocycles. The number of rotatable bonds is 8. The minimum absolute atomic E-state index is 0.0697. The van der Waals surface area contributed by atoms with Crippen molar-refractivity contribution in [3.63, 3.8) is 0 Å². The van der Waals surface area contributed by atoms with Crippen molar-refractivity contribution in [2.75, 3.05) is 19.6 Å². The van der Waals surface area contributed by atoms with Gasteiger partial charge in [0.05, 0.1) is 13.0 Å². The van der Waals surface area contributed by atoms with Crippen molar-refractivity contribution in [3.8, 4) is 0 Å². The van der Waals surface area contributed by atoms with Gasteiger partial charge in [0, 0.05) is 24.8 Å². The van der Waals surface area contributed by atoms with Gasteiger partial charge in [0.25, 0.3) is 0 Å². The lowest BCUT2D eigenvalue weighted by Crippen LogP contribution is -2.43. The summed E-state index contributed by atoms with van der Waals surface area (Å²) in [5.41, 5.74) is 1.13. The summed E-state index contributed by atoms with van der Waals surface area (Å²) >= 11 is 0. The average Bonchev–Trinajstić information content (AvgIpc) is 2.44. The van der Waals surface area contributed by atoms with E-state index in [1.54, 1.807) is 0 Å². The monoisotopic (exact) mass is 296 g/mol. The Bertz CT molecular complexity index is 391. The summed E-state index contributed by atoms with van der Waals surface area (Å²) in [5, 5.41) is 8.81. The van der Waals surface area contributed by atoms with Gasteiger partial charge in [-0.3, -0.25) is 14.5 Å². The van der Waals surface area contributed by atoms with Crippen LogP contribution in [0.3, 0.4) is 0 Å². The molecule has 0 heterocycles. The SMILES string of the molecule is CCN(C(=O)CN(CCC(=O)O)C(C)C)C1=CCCCC1. The molecule has 5 nitrogen and oxygen atoms in total. The van der Waals surface area contributed by atoms with E-state index in [9.17, 15) is 9.59 Å². The van der Waals surface area contributed by atoms with Gasteiger partial charge >= 0.3 is 5.97 Å². The smallest absolute Gasteiger partial charge is 0.304 e. The third-order valence-corrected chi connectivity index (χ3v) is 3.91. The molecule has 0 atom stereocenters. The summed E-state index contributed by atoms with van der Waals surface area (Å²) in [6, 6.07) is 0.160. The molecule has 0 aliphatic heterocycles. The number of likely N-dealkylation sites (N-methyl/N-ethyl adjacent to an activating group) is 1. The number of carboxylic acids is 1. The molecule has 0 bridgehead atoms. The second kappa shape index (κ2) is 8.82. The van der Waals surface area contributed by atoms with Crippen molar-refractivity contribution in [1.82, 2.24) is 9.80 Å². The predicted molar refractivity (Wildman–Crippen MR) is 82.9 cm³/mol. The summed E-state index contributed by atoms with van der Waals surface area (Å²) in [7, 11) is 0. The molecule has 0 saturated carbocycles. The Morgan fingerprint density at radius 3 is 2.52 bits per heavy atom. The topological polar surface area (TPSA) is 60.9 Å². The molecule has 1 aliphatic rings. The third-order valence-electron chi connectivity index (χ3n) is 3.91. The normalized spacial score (nSPS) is 15.2. The Labute approximate surface area is 127 Å². The Kier molecular flexibility index (Phi) is 7.43. The number of carboxylic acid groups (broad SMARTS) is 1. The molecule has 21 heavy (non-hydrogen) atoms. The van der Waals surface area contributed by atoms with E-state index in [1.807, 2.05) is 30.6 Å². The predicted octanol–water partition coefficient (Wildman–Crippen LogP) is 2.48. The number of hydrogen-bond donors (Lipinski definition) is 1. The van der Waals surface area contributed by atoms with E-state index in [0.29, 0.717) is 13.1 Å². The van der Waals surface area contributed by atoms with Gasteiger partial charge < -0.3 is 10.0 Å². The van der Waals surface area contributed by atoms with Crippen molar-refractivity contribution in [1.29, 1.82) is 0 Å². The number of allylic oxidation sites excluding steroid dienone is 2.